The number of benzene rings is 1. The lowest BCUT2D eigenvalue weighted by Crippen LogP contribution is -2.51. The third-order valence-electron chi connectivity index (χ3n) is 5.62. The van der Waals surface area contributed by atoms with Crippen molar-refractivity contribution in [2.45, 2.75) is 38.8 Å². The van der Waals surface area contributed by atoms with E-state index in [-0.39, 0.29) is 24.6 Å². The van der Waals surface area contributed by atoms with Gasteiger partial charge >= 0.3 is 5.97 Å². The molecule has 1 aromatic carbocycles. The molecule has 0 aliphatic carbocycles. The number of carboxylic acids is 1. The average Bonchev–Trinajstić information content (AvgIpc) is 3.05. The Bertz CT molecular complexity index is 674. The van der Waals surface area contributed by atoms with E-state index >= 15 is 0 Å². The molecule has 2 fully saturated rings. The molecule has 0 spiro atoms. The van der Waals surface area contributed by atoms with Crippen LogP contribution in [0, 0.1) is 5.92 Å². The first-order valence-corrected chi connectivity index (χ1v) is 10.6. The number of amides is 1. The van der Waals surface area contributed by atoms with Crippen molar-refractivity contribution in [1.29, 1.82) is 0 Å². The second-order valence-electron chi connectivity index (χ2n) is 8.56. The molecule has 2 aliphatic rings. The van der Waals surface area contributed by atoms with Crippen LogP contribution in [-0.2, 0) is 9.59 Å². The van der Waals surface area contributed by atoms with Crippen LogP contribution in [0.4, 0.5) is 0 Å². The van der Waals surface area contributed by atoms with Crippen LogP contribution in [0.1, 0.15) is 26.7 Å². The summed E-state index contributed by atoms with van der Waals surface area (Å²) in [5.41, 5.74) is 0. The molecular formula is C22H33N3O4. The summed E-state index contributed by atoms with van der Waals surface area (Å²) in [6.07, 6.45) is 1.39. The van der Waals surface area contributed by atoms with Gasteiger partial charge in [0.25, 0.3) is 0 Å². The lowest BCUT2D eigenvalue weighted by Gasteiger charge is -2.36. The summed E-state index contributed by atoms with van der Waals surface area (Å²) in [4.78, 5) is 30.1. The molecule has 2 saturated heterocycles. The molecule has 2 atom stereocenters. The molecule has 1 aromatic rings. The van der Waals surface area contributed by atoms with Gasteiger partial charge in [-0.2, -0.15) is 0 Å². The van der Waals surface area contributed by atoms with Gasteiger partial charge in [0.05, 0.1) is 13.1 Å². The second kappa shape index (κ2) is 10.1. The van der Waals surface area contributed by atoms with Crippen molar-refractivity contribution in [2.75, 3.05) is 45.8 Å². The van der Waals surface area contributed by atoms with Crippen LogP contribution in [-0.4, -0.2) is 89.6 Å². The first-order chi connectivity index (χ1) is 13.9. The monoisotopic (exact) mass is 403 g/mol. The lowest BCUT2D eigenvalue weighted by atomic mass is 10.1. The normalized spacial score (nSPS) is 23.5. The summed E-state index contributed by atoms with van der Waals surface area (Å²) >= 11 is 0. The number of likely N-dealkylation sites (tertiary alicyclic amines) is 1. The van der Waals surface area contributed by atoms with Crippen molar-refractivity contribution in [2.24, 2.45) is 5.92 Å². The van der Waals surface area contributed by atoms with E-state index < -0.39 is 5.97 Å². The number of carbonyl (C=O) groups excluding carboxylic acids is 1. The topological polar surface area (TPSA) is 73.3 Å². The van der Waals surface area contributed by atoms with Gasteiger partial charge in [0.15, 0.2) is 0 Å². The predicted octanol–water partition coefficient (Wildman–Crippen LogP) is 1.78. The van der Waals surface area contributed by atoms with Gasteiger partial charge in [-0.3, -0.25) is 19.4 Å². The van der Waals surface area contributed by atoms with E-state index in [9.17, 15) is 9.59 Å². The summed E-state index contributed by atoms with van der Waals surface area (Å²) in [5.74, 6) is 0.600. The van der Waals surface area contributed by atoms with Crippen molar-refractivity contribution >= 4 is 11.9 Å². The summed E-state index contributed by atoms with van der Waals surface area (Å²) in [6, 6.07) is 9.93. The van der Waals surface area contributed by atoms with Gasteiger partial charge in [0, 0.05) is 51.6 Å². The highest BCUT2D eigenvalue weighted by Gasteiger charge is 2.37. The number of hydrogen-bond donors (Lipinski definition) is 1. The van der Waals surface area contributed by atoms with Crippen LogP contribution in [0.2, 0.25) is 0 Å². The van der Waals surface area contributed by atoms with Gasteiger partial charge < -0.3 is 14.7 Å². The summed E-state index contributed by atoms with van der Waals surface area (Å²) in [6.45, 7) is 8.87. The SMILES string of the molecule is CC(C)CC(=O)N1C[C@@H](Oc2ccccc2)CC1CN1CCN(CC(=O)O)CC1. The third-order valence-corrected chi connectivity index (χ3v) is 5.62. The number of aliphatic carboxylic acids is 1. The number of para-hydroxylation sites is 1. The number of carbonyl (C=O) groups is 2. The quantitative estimate of drug-likeness (QED) is 0.713. The van der Waals surface area contributed by atoms with Crippen LogP contribution in [0.5, 0.6) is 5.75 Å². The van der Waals surface area contributed by atoms with Crippen molar-refractivity contribution in [3.63, 3.8) is 0 Å². The van der Waals surface area contributed by atoms with Crippen LogP contribution in [0.25, 0.3) is 0 Å². The van der Waals surface area contributed by atoms with Crippen LogP contribution in [0.3, 0.4) is 0 Å². The molecule has 0 aromatic heterocycles. The maximum atomic E-state index is 12.9. The molecule has 2 heterocycles. The highest BCUT2D eigenvalue weighted by atomic mass is 16.5. The minimum Gasteiger partial charge on any atom is -0.489 e. The molecule has 1 amide bonds. The van der Waals surface area contributed by atoms with E-state index in [1.165, 1.54) is 0 Å². The highest BCUT2D eigenvalue weighted by molar-refractivity contribution is 5.77. The fourth-order valence-corrected chi connectivity index (χ4v) is 4.21. The highest BCUT2D eigenvalue weighted by Crippen LogP contribution is 2.25. The Hall–Kier alpha value is -2.12. The Kier molecular flexibility index (Phi) is 7.50. The molecule has 7 nitrogen and oxygen atoms in total. The lowest BCUT2D eigenvalue weighted by molar-refractivity contribution is -0.139. The fourth-order valence-electron chi connectivity index (χ4n) is 4.21. The molecule has 160 valence electrons. The minimum absolute atomic E-state index is 0.00631. The van der Waals surface area contributed by atoms with E-state index in [4.69, 9.17) is 9.84 Å². The van der Waals surface area contributed by atoms with Crippen molar-refractivity contribution < 1.29 is 19.4 Å². The minimum atomic E-state index is -0.777. The number of hydrogen-bond acceptors (Lipinski definition) is 5. The molecule has 0 bridgehead atoms. The number of rotatable bonds is 8. The fraction of sp³-hybridized carbons (Fsp3) is 0.636. The molecule has 1 unspecified atom stereocenters. The Morgan fingerprint density at radius 3 is 2.38 bits per heavy atom. The Morgan fingerprint density at radius 1 is 1.10 bits per heavy atom. The van der Waals surface area contributed by atoms with E-state index in [1.54, 1.807) is 0 Å². The molecular weight excluding hydrogens is 370 g/mol. The smallest absolute Gasteiger partial charge is 0.317 e. The van der Waals surface area contributed by atoms with Gasteiger partial charge in [-0.1, -0.05) is 32.0 Å². The van der Waals surface area contributed by atoms with Gasteiger partial charge in [-0.25, -0.2) is 0 Å². The number of ether oxygens (including phenoxy) is 1. The third kappa shape index (κ3) is 6.44. The zero-order valence-electron chi connectivity index (χ0n) is 17.5. The Balaban J connectivity index is 1.59. The number of piperazine rings is 1. The van der Waals surface area contributed by atoms with Gasteiger partial charge in [0.2, 0.25) is 5.91 Å². The van der Waals surface area contributed by atoms with Crippen molar-refractivity contribution in [3.8, 4) is 5.75 Å². The van der Waals surface area contributed by atoms with Gasteiger partial charge in [0.1, 0.15) is 11.9 Å². The Labute approximate surface area is 173 Å². The first kappa shape index (κ1) is 21.6. The van der Waals surface area contributed by atoms with E-state index in [0.717, 1.165) is 44.9 Å². The van der Waals surface area contributed by atoms with Crippen LogP contribution < -0.4 is 4.74 Å². The van der Waals surface area contributed by atoms with E-state index in [1.807, 2.05) is 40.1 Å². The number of nitrogens with zero attached hydrogens (tertiary/aromatic N) is 3. The zero-order chi connectivity index (χ0) is 20.8. The van der Waals surface area contributed by atoms with Crippen molar-refractivity contribution in [3.05, 3.63) is 30.3 Å². The summed E-state index contributed by atoms with van der Waals surface area (Å²) in [5, 5.41) is 8.97. The maximum absolute atomic E-state index is 12.9. The Morgan fingerprint density at radius 2 is 1.76 bits per heavy atom. The number of carboxylic acid groups (broad SMARTS) is 1. The maximum Gasteiger partial charge on any atom is 0.317 e. The van der Waals surface area contributed by atoms with Gasteiger partial charge in [-0.05, 0) is 18.1 Å². The van der Waals surface area contributed by atoms with Crippen LogP contribution >= 0.6 is 0 Å². The second-order valence-corrected chi connectivity index (χ2v) is 8.56. The molecule has 0 saturated carbocycles. The molecule has 29 heavy (non-hydrogen) atoms. The molecule has 7 heteroatoms. The largest absolute Gasteiger partial charge is 0.489 e. The molecule has 2 aliphatic heterocycles. The van der Waals surface area contributed by atoms with E-state index in [2.05, 4.69) is 18.7 Å². The van der Waals surface area contributed by atoms with Crippen molar-refractivity contribution in [1.82, 2.24) is 14.7 Å². The molecule has 0 radical (unpaired) electrons. The van der Waals surface area contributed by atoms with Gasteiger partial charge in [-0.15, -0.1) is 0 Å². The summed E-state index contributed by atoms with van der Waals surface area (Å²) < 4.78 is 6.16. The van der Waals surface area contributed by atoms with Crippen LogP contribution in [0.15, 0.2) is 30.3 Å². The first-order valence-electron chi connectivity index (χ1n) is 10.6. The average molecular weight is 404 g/mol. The molecule has 3 rings (SSSR count). The van der Waals surface area contributed by atoms with E-state index in [0.29, 0.717) is 18.9 Å². The predicted molar refractivity (Wildman–Crippen MR) is 111 cm³/mol. The zero-order valence-corrected chi connectivity index (χ0v) is 17.5. The standard InChI is InChI=1S/C22H33N3O4/c1-17(2)12-21(26)25-15-20(29-19-6-4-3-5-7-19)13-18(25)14-23-8-10-24(11-9-23)16-22(27)28/h3-7,17-18,20H,8-16H2,1-2H3,(H,27,28)/t18?,20-/m0/s1. The summed E-state index contributed by atoms with van der Waals surface area (Å²) in [7, 11) is 0. The molecule has 1 N–H and O–H groups in total.